The van der Waals surface area contributed by atoms with E-state index in [1.165, 1.54) is 24.8 Å². The van der Waals surface area contributed by atoms with Gasteiger partial charge in [0.1, 0.15) is 11.3 Å². The van der Waals surface area contributed by atoms with Crippen molar-refractivity contribution >= 4 is 23.3 Å². The van der Waals surface area contributed by atoms with Crippen LogP contribution in [0.25, 0.3) is 11.1 Å². The molecule has 5 heteroatoms. The van der Waals surface area contributed by atoms with E-state index < -0.39 is 5.79 Å². The summed E-state index contributed by atoms with van der Waals surface area (Å²) in [5.41, 5.74) is 4.99. The molecule has 34 heavy (non-hydrogen) atoms. The maximum Gasteiger partial charge on any atom is 0.345 e. The molecule has 0 radical (unpaired) electrons. The molecule has 3 aromatic rings. The lowest BCUT2D eigenvalue weighted by molar-refractivity contribution is -0.127. The molecule has 0 bridgehead atoms. The Morgan fingerprint density at radius 1 is 0.853 bits per heavy atom. The van der Waals surface area contributed by atoms with Crippen LogP contribution in [-0.4, -0.2) is 18.3 Å². The second kappa shape index (κ2) is 10.5. The van der Waals surface area contributed by atoms with Crippen LogP contribution < -0.4 is 9.64 Å². The Kier molecular flexibility index (Phi) is 7.47. The lowest BCUT2D eigenvalue weighted by atomic mass is 10.0. The standard InChI is InChI=1S/C29H32ClNO3/c1-4-5-6-7-18-31(25-16-17-27-26(19-25)28(32)34-29(2,3)33-27)20-21-8-10-22(11-9-21)23-12-14-24(30)15-13-23/h8-17,19H,4-7,18,20H2,1-3H3. The molecule has 0 saturated heterocycles. The van der Waals surface area contributed by atoms with Crippen molar-refractivity contribution in [2.45, 2.75) is 58.8 Å². The molecule has 1 aliphatic rings. The summed E-state index contributed by atoms with van der Waals surface area (Å²) < 4.78 is 11.3. The van der Waals surface area contributed by atoms with Gasteiger partial charge in [-0.05, 0) is 53.4 Å². The Bertz CT molecular complexity index is 1120. The molecule has 0 N–H and O–H groups in total. The molecule has 0 atom stereocenters. The summed E-state index contributed by atoms with van der Waals surface area (Å²) >= 11 is 6.03. The molecule has 0 aromatic heterocycles. The van der Waals surface area contributed by atoms with Crippen molar-refractivity contribution in [2.75, 3.05) is 11.4 Å². The molecule has 4 rings (SSSR count). The highest BCUT2D eigenvalue weighted by Crippen LogP contribution is 2.34. The first-order chi connectivity index (χ1) is 16.3. The molecule has 0 spiro atoms. The molecular weight excluding hydrogens is 446 g/mol. The van der Waals surface area contributed by atoms with E-state index >= 15 is 0 Å². The Balaban J connectivity index is 1.55. The van der Waals surface area contributed by atoms with E-state index in [9.17, 15) is 4.79 Å². The number of ether oxygens (including phenoxy) is 2. The van der Waals surface area contributed by atoms with Crippen molar-refractivity contribution in [3.05, 3.63) is 82.9 Å². The Labute approximate surface area is 207 Å². The molecule has 0 saturated carbocycles. The van der Waals surface area contributed by atoms with Gasteiger partial charge in [-0.15, -0.1) is 0 Å². The lowest BCUT2D eigenvalue weighted by Gasteiger charge is -2.33. The van der Waals surface area contributed by atoms with Crippen LogP contribution in [0.5, 0.6) is 5.75 Å². The molecule has 178 valence electrons. The summed E-state index contributed by atoms with van der Waals surface area (Å²) in [6, 6.07) is 22.3. The van der Waals surface area contributed by atoms with Gasteiger partial charge < -0.3 is 14.4 Å². The quantitative estimate of drug-likeness (QED) is 0.232. The van der Waals surface area contributed by atoms with Gasteiger partial charge in [0.15, 0.2) is 0 Å². The van der Waals surface area contributed by atoms with Crippen LogP contribution in [0.4, 0.5) is 5.69 Å². The minimum absolute atomic E-state index is 0.341. The van der Waals surface area contributed by atoms with Gasteiger partial charge >= 0.3 is 5.97 Å². The van der Waals surface area contributed by atoms with Gasteiger partial charge in [-0.25, -0.2) is 4.79 Å². The molecule has 4 nitrogen and oxygen atoms in total. The van der Waals surface area contributed by atoms with E-state index in [0.29, 0.717) is 11.3 Å². The van der Waals surface area contributed by atoms with E-state index in [2.05, 4.69) is 36.1 Å². The molecular formula is C29H32ClNO3. The predicted molar refractivity (Wildman–Crippen MR) is 139 cm³/mol. The van der Waals surface area contributed by atoms with Crippen molar-refractivity contribution in [2.24, 2.45) is 0 Å². The minimum atomic E-state index is -0.947. The van der Waals surface area contributed by atoms with Gasteiger partial charge in [0, 0.05) is 37.6 Å². The fourth-order valence-corrected chi connectivity index (χ4v) is 4.35. The summed E-state index contributed by atoms with van der Waals surface area (Å²) in [4.78, 5) is 14.9. The number of cyclic esters (lactones) is 1. The summed E-state index contributed by atoms with van der Waals surface area (Å²) in [5, 5.41) is 0.738. The number of unbranched alkanes of at least 4 members (excludes halogenated alkanes) is 3. The van der Waals surface area contributed by atoms with Gasteiger partial charge in [0.05, 0.1) is 0 Å². The average molecular weight is 478 g/mol. The number of halogens is 1. The van der Waals surface area contributed by atoms with E-state index in [-0.39, 0.29) is 5.97 Å². The average Bonchev–Trinajstić information content (AvgIpc) is 2.81. The molecule has 3 aromatic carbocycles. The first kappa shape index (κ1) is 24.2. The third-order valence-corrected chi connectivity index (χ3v) is 6.28. The van der Waals surface area contributed by atoms with Crippen LogP contribution in [0.1, 0.15) is 62.4 Å². The van der Waals surface area contributed by atoms with E-state index in [0.717, 1.165) is 41.3 Å². The molecule has 0 unspecified atom stereocenters. The second-order valence-electron chi connectivity index (χ2n) is 9.26. The van der Waals surface area contributed by atoms with Gasteiger partial charge in [-0.2, -0.15) is 0 Å². The van der Waals surface area contributed by atoms with Crippen molar-refractivity contribution < 1.29 is 14.3 Å². The maximum absolute atomic E-state index is 12.6. The number of rotatable bonds is 9. The molecule has 0 amide bonds. The molecule has 0 aliphatic carbocycles. The Morgan fingerprint density at radius 3 is 2.21 bits per heavy atom. The molecule has 0 fully saturated rings. The van der Waals surface area contributed by atoms with Gasteiger partial charge in [-0.1, -0.05) is 74.2 Å². The summed E-state index contributed by atoms with van der Waals surface area (Å²) in [6.07, 6.45) is 4.71. The Morgan fingerprint density at radius 2 is 1.53 bits per heavy atom. The zero-order chi connectivity index (χ0) is 24.1. The number of esters is 1. The fraction of sp³-hybridized carbons (Fsp3) is 0.345. The molecule has 1 aliphatic heterocycles. The first-order valence-corrected chi connectivity index (χ1v) is 12.4. The van der Waals surface area contributed by atoms with Crippen molar-refractivity contribution in [3.63, 3.8) is 0 Å². The minimum Gasteiger partial charge on any atom is -0.452 e. The van der Waals surface area contributed by atoms with Crippen LogP contribution in [0, 0.1) is 0 Å². The SMILES string of the molecule is CCCCCCN(Cc1ccc(-c2ccc(Cl)cc2)cc1)c1ccc2c(c1)C(=O)OC(C)(C)O2. The van der Waals surface area contributed by atoms with Crippen molar-refractivity contribution in [1.82, 2.24) is 0 Å². The highest BCUT2D eigenvalue weighted by molar-refractivity contribution is 6.30. The van der Waals surface area contributed by atoms with Crippen LogP contribution in [-0.2, 0) is 11.3 Å². The Hall–Kier alpha value is -2.98. The normalized spacial score (nSPS) is 14.2. The summed E-state index contributed by atoms with van der Waals surface area (Å²) in [5.74, 6) is -0.716. The van der Waals surface area contributed by atoms with E-state index in [4.69, 9.17) is 21.1 Å². The van der Waals surface area contributed by atoms with Gasteiger partial charge in [0.25, 0.3) is 0 Å². The topological polar surface area (TPSA) is 38.8 Å². The number of hydrogen-bond acceptors (Lipinski definition) is 4. The predicted octanol–water partition coefficient (Wildman–Crippen LogP) is 7.88. The highest BCUT2D eigenvalue weighted by atomic mass is 35.5. The smallest absolute Gasteiger partial charge is 0.345 e. The van der Waals surface area contributed by atoms with Crippen LogP contribution in [0.3, 0.4) is 0 Å². The number of fused-ring (bicyclic) bond motifs is 1. The number of carbonyl (C=O) groups is 1. The summed E-state index contributed by atoms with van der Waals surface area (Å²) in [7, 11) is 0. The number of hydrogen-bond donors (Lipinski definition) is 0. The van der Waals surface area contributed by atoms with Gasteiger partial charge in [-0.3, -0.25) is 0 Å². The van der Waals surface area contributed by atoms with Gasteiger partial charge in [0.2, 0.25) is 5.79 Å². The molecule has 1 heterocycles. The fourth-order valence-electron chi connectivity index (χ4n) is 4.22. The van der Waals surface area contributed by atoms with E-state index in [1.54, 1.807) is 13.8 Å². The number of nitrogens with zero attached hydrogens (tertiary/aromatic N) is 1. The third kappa shape index (κ3) is 5.92. The number of anilines is 1. The van der Waals surface area contributed by atoms with Crippen molar-refractivity contribution in [1.29, 1.82) is 0 Å². The lowest BCUT2D eigenvalue weighted by Crippen LogP contribution is -2.39. The highest BCUT2D eigenvalue weighted by Gasteiger charge is 2.34. The second-order valence-corrected chi connectivity index (χ2v) is 9.69. The number of carbonyl (C=O) groups excluding carboxylic acids is 1. The van der Waals surface area contributed by atoms with Crippen LogP contribution in [0.15, 0.2) is 66.7 Å². The van der Waals surface area contributed by atoms with Crippen molar-refractivity contribution in [3.8, 4) is 16.9 Å². The van der Waals surface area contributed by atoms with Crippen LogP contribution in [0.2, 0.25) is 5.02 Å². The maximum atomic E-state index is 12.6. The number of benzene rings is 3. The zero-order valence-electron chi connectivity index (χ0n) is 20.1. The zero-order valence-corrected chi connectivity index (χ0v) is 20.9. The first-order valence-electron chi connectivity index (χ1n) is 12.0. The van der Waals surface area contributed by atoms with E-state index in [1.807, 2.05) is 42.5 Å². The monoisotopic (exact) mass is 477 g/mol. The largest absolute Gasteiger partial charge is 0.452 e. The summed E-state index contributed by atoms with van der Waals surface area (Å²) in [6.45, 7) is 7.38. The van der Waals surface area contributed by atoms with Crippen LogP contribution >= 0.6 is 11.6 Å². The third-order valence-electron chi connectivity index (χ3n) is 6.03.